The van der Waals surface area contributed by atoms with Gasteiger partial charge in [-0.1, -0.05) is 6.07 Å². The lowest BCUT2D eigenvalue weighted by molar-refractivity contribution is -0.00964. The minimum absolute atomic E-state index is 0.111. The van der Waals surface area contributed by atoms with Gasteiger partial charge in [-0.05, 0) is 24.6 Å². The average molecular weight is 234 g/mol. The Kier molecular flexibility index (Phi) is 2.06. The highest BCUT2D eigenvalue weighted by atomic mass is 32.1. The molecular weight excluding hydrogens is 220 g/mol. The molecule has 0 N–H and O–H groups in total. The van der Waals surface area contributed by atoms with Crippen LogP contribution in [-0.2, 0) is 16.5 Å². The number of benzene rings is 1. The first-order valence-electron chi connectivity index (χ1n) is 5.34. The molecular formula is C12H14N2OS. The first kappa shape index (κ1) is 10.2. The van der Waals surface area contributed by atoms with Crippen LogP contribution in [0.2, 0.25) is 0 Å². The molecule has 0 radical (unpaired) electrons. The molecule has 0 bridgehead atoms. The molecule has 0 amide bonds. The van der Waals surface area contributed by atoms with Gasteiger partial charge in [0.05, 0.1) is 29.0 Å². The van der Waals surface area contributed by atoms with Crippen molar-refractivity contribution in [3.63, 3.8) is 0 Å². The van der Waals surface area contributed by atoms with E-state index in [1.807, 2.05) is 14.0 Å². The molecule has 2 heterocycles. The van der Waals surface area contributed by atoms with E-state index in [9.17, 15) is 0 Å². The summed E-state index contributed by atoms with van der Waals surface area (Å²) in [6.45, 7) is 3.39. The Labute approximate surface area is 99.8 Å². The summed E-state index contributed by atoms with van der Waals surface area (Å²) < 4.78 is 7.22. The summed E-state index contributed by atoms with van der Waals surface area (Å²) in [5.74, 6) is 1.03. The fourth-order valence-electron chi connectivity index (χ4n) is 2.07. The van der Waals surface area contributed by atoms with E-state index in [2.05, 4.69) is 40.4 Å². The molecule has 1 fully saturated rings. The maximum absolute atomic E-state index is 5.23. The summed E-state index contributed by atoms with van der Waals surface area (Å²) in [5, 5.41) is 0. The number of aromatic nitrogens is 2. The molecule has 0 saturated carbocycles. The quantitative estimate of drug-likeness (QED) is 0.764. The zero-order chi connectivity index (χ0) is 11.3. The Morgan fingerprint density at radius 3 is 2.81 bits per heavy atom. The Hall–Kier alpha value is -1.00. The molecule has 0 spiro atoms. The molecule has 4 heteroatoms. The van der Waals surface area contributed by atoms with E-state index in [1.165, 1.54) is 11.1 Å². The van der Waals surface area contributed by atoms with Crippen LogP contribution in [0.3, 0.4) is 0 Å². The zero-order valence-corrected chi connectivity index (χ0v) is 10.3. The largest absolute Gasteiger partial charge is 0.378 e. The minimum atomic E-state index is -0.111. The normalized spacial score (nSPS) is 18.7. The third-order valence-corrected chi connectivity index (χ3v) is 3.84. The van der Waals surface area contributed by atoms with Gasteiger partial charge in [-0.25, -0.2) is 4.98 Å². The molecule has 1 aliphatic heterocycles. The van der Waals surface area contributed by atoms with Crippen molar-refractivity contribution in [2.24, 2.45) is 7.05 Å². The number of rotatable bonds is 1. The predicted octanol–water partition coefficient (Wildman–Crippen LogP) is 2.04. The second-order valence-corrected chi connectivity index (χ2v) is 5.30. The summed E-state index contributed by atoms with van der Waals surface area (Å²) in [6, 6.07) is 6.36. The van der Waals surface area contributed by atoms with E-state index in [0.29, 0.717) is 13.2 Å². The molecule has 2 aromatic rings. The Morgan fingerprint density at radius 1 is 1.44 bits per heavy atom. The molecule has 3 rings (SSSR count). The topological polar surface area (TPSA) is 27.1 Å². The molecule has 16 heavy (non-hydrogen) atoms. The number of nitrogens with zero attached hydrogens (tertiary/aromatic N) is 2. The van der Waals surface area contributed by atoms with Gasteiger partial charge >= 0.3 is 0 Å². The number of aryl methyl sites for hydroxylation is 2. The van der Waals surface area contributed by atoms with E-state index in [-0.39, 0.29) is 4.75 Å². The highest BCUT2D eigenvalue weighted by molar-refractivity contribution is 7.81. The maximum Gasteiger partial charge on any atom is 0.106 e. The second kappa shape index (κ2) is 3.25. The number of fused-ring (bicyclic) bond motifs is 1. The van der Waals surface area contributed by atoms with Gasteiger partial charge in [-0.2, -0.15) is 12.6 Å². The van der Waals surface area contributed by atoms with Crippen molar-refractivity contribution in [1.82, 2.24) is 9.55 Å². The summed E-state index contributed by atoms with van der Waals surface area (Å²) in [5.41, 5.74) is 3.41. The third kappa shape index (κ3) is 1.30. The third-order valence-electron chi connectivity index (χ3n) is 3.32. The summed E-state index contributed by atoms with van der Waals surface area (Å²) in [6.07, 6.45) is 0. The van der Waals surface area contributed by atoms with Crippen LogP contribution in [0.1, 0.15) is 11.4 Å². The van der Waals surface area contributed by atoms with Crippen LogP contribution in [0.25, 0.3) is 11.0 Å². The van der Waals surface area contributed by atoms with Crippen molar-refractivity contribution in [3.05, 3.63) is 29.6 Å². The molecule has 1 aliphatic rings. The number of imidazole rings is 1. The van der Waals surface area contributed by atoms with Crippen molar-refractivity contribution in [2.45, 2.75) is 11.7 Å². The molecule has 1 aromatic heterocycles. The number of thiol groups is 1. The fourth-order valence-corrected chi connectivity index (χ4v) is 2.39. The minimum Gasteiger partial charge on any atom is -0.378 e. The Bertz CT molecular complexity index is 557. The number of hydrogen-bond acceptors (Lipinski definition) is 3. The van der Waals surface area contributed by atoms with E-state index < -0.39 is 0 Å². The van der Waals surface area contributed by atoms with Crippen molar-refractivity contribution in [1.29, 1.82) is 0 Å². The van der Waals surface area contributed by atoms with Crippen LogP contribution in [0, 0.1) is 6.92 Å². The van der Waals surface area contributed by atoms with E-state index in [1.54, 1.807) is 0 Å². The van der Waals surface area contributed by atoms with Gasteiger partial charge in [0, 0.05) is 7.05 Å². The van der Waals surface area contributed by atoms with Crippen LogP contribution in [0.15, 0.2) is 18.2 Å². The number of hydrogen-bond donors (Lipinski definition) is 1. The van der Waals surface area contributed by atoms with Crippen molar-refractivity contribution in [2.75, 3.05) is 13.2 Å². The van der Waals surface area contributed by atoms with Crippen molar-refractivity contribution in [3.8, 4) is 0 Å². The maximum atomic E-state index is 5.23. The van der Waals surface area contributed by atoms with Crippen LogP contribution in [-0.4, -0.2) is 22.8 Å². The van der Waals surface area contributed by atoms with Crippen molar-refractivity contribution >= 4 is 23.7 Å². The van der Waals surface area contributed by atoms with Crippen LogP contribution < -0.4 is 0 Å². The SMILES string of the molecule is Cc1nc2cc(C3(S)COC3)ccc2n1C. The van der Waals surface area contributed by atoms with Gasteiger partial charge in [-0.3, -0.25) is 0 Å². The van der Waals surface area contributed by atoms with E-state index in [0.717, 1.165) is 11.3 Å². The molecule has 84 valence electrons. The van der Waals surface area contributed by atoms with E-state index in [4.69, 9.17) is 4.74 Å². The van der Waals surface area contributed by atoms with Gasteiger partial charge in [0.2, 0.25) is 0 Å². The van der Waals surface area contributed by atoms with Crippen LogP contribution in [0.5, 0.6) is 0 Å². The molecule has 3 nitrogen and oxygen atoms in total. The first-order chi connectivity index (χ1) is 7.60. The van der Waals surface area contributed by atoms with Gasteiger partial charge in [0.15, 0.2) is 0 Å². The number of ether oxygens (including phenoxy) is 1. The van der Waals surface area contributed by atoms with Gasteiger partial charge in [0.1, 0.15) is 5.82 Å². The summed E-state index contributed by atoms with van der Waals surface area (Å²) in [7, 11) is 2.03. The highest BCUT2D eigenvalue weighted by Gasteiger charge is 2.36. The molecule has 0 unspecified atom stereocenters. The fraction of sp³-hybridized carbons (Fsp3) is 0.417. The zero-order valence-electron chi connectivity index (χ0n) is 9.40. The molecule has 0 aliphatic carbocycles. The Morgan fingerprint density at radius 2 is 2.19 bits per heavy atom. The van der Waals surface area contributed by atoms with Crippen LogP contribution >= 0.6 is 12.6 Å². The Balaban J connectivity index is 2.16. The lowest BCUT2D eigenvalue weighted by Crippen LogP contribution is -2.41. The smallest absolute Gasteiger partial charge is 0.106 e. The lowest BCUT2D eigenvalue weighted by Gasteiger charge is -2.37. The molecule has 1 aromatic carbocycles. The second-order valence-electron chi connectivity index (χ2n) is 4.45. The summed E-state index contributed by atoms with van der Waals surface area (Å²) >= 11 is 4.66. The lowest BCUT2D eigenvalue weighted by atomic mass is 9.96. The average Bonchev–Trinajstić information content (AvgIpc) is 2.51. The monoisotopic (exact) mass is 234 g/mol. The van der Waals surface area contributed by atoms with Gasteiger partial charge in [0.25, 0.3) is 0 Å². The molecule has 0 atom stereocenters. The standard InChI is InChI=1S/C12H14N2OS/c1-8-13-10-5-9(12(16)6-15-7-12)3-4-11(10)14(8)2/h3-5,16H,6-7H2,1-2H3. The molecule has 1 saturated heterocycles. The van der Waals surface area contributed by atoms with Gasteiger partial charge in [-0.15, -0.1) is 0 Å². The first-order valence-corrected chi connectivity index (χ1v) is 5.78. The van der Waals surface area contributed by atoms with Crippen LogP contribution in [0.4, 0.5) is 0 Å². The van der Waals surface area contributed by atoms with E-state index >= 15 is 0 Å². The van der Waals surface area contributed by atoms with Gasteiger partial charge < -0.3 is 9.30 Å². The predicted molar refractivity (Wildman–Crippen MR) is 66.9 cm³/mol. The highest BCUT2D eigenvalue weighted by Crippen LogP contribution is 2.37. The summed E-state index contributed by atoms with van der Waals surface area (Å²) in [4.78, 5) is 4.53. The van der Waals surface area contributed by atoms with Crippen molar-refractivity contribution < 1.29 is 4.74 Å².